The molecule has 248 valence electrons. The number of benzene rings is 1. The first kappa shape index (κ1) is 33.8. The van der Waals surface area contributed by atoms with Gasteiger partial charge >= 0.3 is 6.09 Å². The first-order chi connectivity index (χ1) is 20.9. The Labute approximate surface area is 268 Å². The van der Waals surface area contributed by atoms with Gasteiger partial charge in [0.25, 0.3) is 0 Å². The quantitative estimate of drug-likeness (QED) is 0.196. The van der Waals surface area contributed by atoms with Gasteiger partial charge in [-0.05, 0) is 94.7 Å². The molecule has 6 N–H and O–H groups in total. The normalized spacial score (nSPS) is 33.7. The molecule has 1 aromatic carbocycles. The highest BCUT2D eigenvalue weighted by Crippen LogP contribution is 2.49. The highest BCUT2D eigenvalue weighted by molar-refractivity contribution is 8.22. The molecule has 1 aromatic rings. The second kappa shape index (κ2) is 14.4. The molecule has 4 aliphatic rings. The van der Waals surface area contributed by atoms with Crippen LogP contribution in [0.2, 0.25) is 5.02 Å². The van der Waals surface area contributed by atoms with E-state index in [0.29, 0.717) is 36.4 Å². The van der Waals surface area contributed by atoms with Crippen LogP contribution in [-0.2, 0) is 9.53 Å². The maximum Gasteiger partial charge on any atom is 0.405 e. The molecule has 10 nitrogen and oxygen atoms in total. The Morgan fingerprint density at radius 3 is 2.59 bits per heavy atom. The molecule has 1 saturated carbocycles. The summed E-state index contributed by atoms with van der Waals surface area (Å²) in [6, 6.07) is 6.69. The summed E-state index contributed by atoms with van der Waals surface area (Å²) < 4.78 is 29.7. The van der Waals surface area contributed by atoms with Gasteiger partial charge in [-0.15, -0.1) is 10.8 Å². The average molecular weight is 655 g/mol. The fourth-order valence-corrected chi connectivity index (χ4v) is 10.1. The molecular formula is C32H51ClN4O6S. The van der Waals surface area contributed by atoms with Crippen molar-refractivity contribution in [3.63, 3.8) is 0 Å². The molecule has 2 bridgehead atoms. The van der Waals surface area contributed by atoms with Crippen molar-refractivity contribution in [3.8, 4) is 0 Å². The largest absolute Gasteiger partial charge is 0.465 e. The molecule has 3 unspecified atom stereocenters. The number of carbonyl (C=O) groups excluding carboxylic acids is 1. The molecule has 0 aromatic heterocycles. The Bertz CT molecular complexity index is 1140. The third-order valence-electron chi connectivity index (χ3n) is 10.3. The smallest absolute Gasteiger partial charge is 0.405 e. The van der Waals surface area contributed by atoms with E-state index in [0.717, 1.165) is 69.9 Å². The highest BCUT2D eigenvalue weighted by atomic mass is 35.5. The van der Waals surface area contributed by atoms with Crippen molar-refractivity contribution in [2.45, 2.75) is 114 Å². The van der Waals surface area contributed by atoms with Crippen molar-refractivity contribution in [1.82, 2.24) is 20.3 Å². The Balaban J connectivity index is 1.32. The highest BCUT2D eigenvalue weighted by Gasteiger charge is 2.43. The van der Waals surface area contributed by atoms with Gasteiger partial charge in [-0.2, -0.15) is 0 Å². The fraction of sp³-hybridized carbons (Fsp3) is 0.750. The van der Waals surface area contributed by atoms with E-state index < -0.39 is 22.9 Å². The Morgan fingerprint density at radius 1 is 1.11 bits per heavy atom. The van der Waals surface area contributed by atoms with E-state index in [2.05, 4.69) is 16.0 Å². The second-order valence-corrected chi connectivity index (χ2v) is 16.5. The van der Waals surface area contributed by atoms with E-state index in [9.17, 15) is 23.8 Å². The average Bonchev–Trinajstić information content (AvgIpc) is 3.08. The molecule has 3 saturated heterocycles. The van der Waals surface area contributed by atoms with Crippen LogP contribution in [0.1, 0.15) is 89.5 Å². The number of carbonyl (C=O) groups is 2. The predicted molar refractivity (Wildman–Crippen MR) is 174 cm³/mol. The molecule has 3 heterocycles. The maximum atomic E-state index is 14.2. The van der Waals surface area contributed by atoms with Gasteiger partial charge in [0, 0.05) is 48.8 Å². The first-order valence-electron chi connectivity index (χ1n) is 16.4. The van der Waals surface area contributed by atoms with Crippen molar-refractivity contribution in [2.24, 2.45) is 11.8 Å². The van der Waals surface area contributed by atoms with Crippen molar-refractivity contribution in [3.05, 3.63) is 34.9 Å². The van der Waals surface area contributed by atoms with Gasteiger partial charge in [0.05, 0.1) is 11.4 Å². The fourth-order valence-electron chi connectivity index (χ4n) is 8.15. The number of ether oxygens (including phenoxy) is 1. The number of amides is 2. The lowest BCUT2D eigenvalue weighted by Gasteiger charge is -2.49. The van der Waals surface area contributed by atoms with E-state index >= 15 is 0 Å². The number of nitrogens with one attached hydrogen (secondary N) is 3. The Hall–Kier alpha value is -1.60. The number of halogens is 1. The molecule has 12 heteroatoms. The van der Waals surface area contributed by atoms with Crippen LogP contribution in [0.25, 0.3) is 0 Å². The number of hydrogen-bond donors (Lipinski definition) is 6. The Kier molecular flexibility index (Phi) is 11.1. The molecule has 44 heavy (non-hydrogen) atoms. The number of carboxylic acid groups (broad SMARTS) is 1. The van der Waals surface area contributed by atoms with E-state index in [1.165, 1.54) is 0 Å². The van der Waals surface area contributed by atoms with Gasteiger partial charge in [-0.3, -0.25) is 13.9 Å². The van der Waals surface area contributed by atoms with Crippen LogP contribution >= 0.6 is 22.4 Å². The van der Waals surface area contributed by atoms with Gasteiger partial charge in [0.15, 0.2) is 0 Å². The molecule has 8 atom stereocenters. The number of rotatable bonds is 9. The molecule has 1 aliphatic carbocycles. The lowest BCUT2D eigenvalue weighted by atomic mass is 9.72. The molecule has 3 aliphatic heterocycles. The number of nitrogens with zero attached hydrogens (tertiary/aromatic N) is 1. The summed E-state index contributed by atoms with van der Waals surface area (Å²) in [7, 11) is -2.76. The topological polar surface area (TPSA) is 143 Å². The molecular weight excluding hydrogens is 604 g/mol. The van der Waals surface area contributed by atoms with Crippen molar-refractivity contribution in [2.75, 3.05) is 25.4 Å². The monoisotopic (exact) mass is 654 g/mol. The lowest BCUT2D eigenvalue weighted by molar-refractivity contribution is -0.126. The summed E-state index contributed by atoms with van der Waals surface area (Å²) in [4.78, 5) is 26.3. The van der Waals surface area contributed by atoms with Crippen LogP contribution in [0, 0.1) is 11.8 Å². The summed E-state index contributed by atoms with van der Waals surface area (Å²) in [6.07, 6.45) is 7.56. The predicted octanol–water partition coefficient (Wildman–Crippen LogP) is 5.82. The summed E-state index contributed by atoms with van der Waals surface area (Å²) in [5, 5.41) is 20.0. The zero-order chi connectivity index (χ0) is 31.5. The van der Waals surface area contributed by atoms with Crippen molar-refractivity contribution >= 4 is 34.4 Å². The van der Waals surface area contributed by atoms with Crippen LogP contribution in [0.5, 0.6) is 0 Å². The van der Waals surface area contributed by atoms with Crippen LogP contribution in [0.15, 0.2) is 24.3 Å². The number of hydrogen-bond acceptors (Lipinski definition) is 7. The number of fused-ring (bicyclic) bond motifs is 2. The van der Waals surface area contributed by atoms with E-state index in [1.807, 2.05) is 30.3 Å². The summed E-state index contributed by atoms with van der Waals surface area (Å²) in [6.45, 7) is 6.02. The molecule has 5 rings (SSSR count). The standard InChI is InChI=1S/C32H51ClN4O6S/c1-32(2)18-23(15-16-43-32)28(22-9-12-24(33)13-10-22)29(36-31(39)40)30(38)35-27-8-4-3-6-21(27)11-14-26-19-34-25-7-5-17-44(41,42)37(26)20-25/h9-10,12-13,21,23,25-29,34,36,41-42H,3-8,11,14-20H2,1-2H3,(H,35,38)(H,39,40)/t21-,23-,25?,26?,27-,28+,29-/m1/s1. The van der Waals surface area contributed by atoms with Crippen LogP contribution in [0.3, 0.4) is 0 Å². The first-order valence-corrected chi connectivity index (χ1v) is 18.4. The van der Waals surface area contributed by atoms with Crippen LogP contribution in [0.4, 0.5) is 4.79 Å². The van der Waals surface area contributed by atoms with E-state index in [1.54, 1.807) is 12.1 Å². The van der Waals surface area contributed by atoms with Gasteiger partial charge in [-0.25, -0.2) is 9.10 Å². The van der Waals surface area contributed by atoms with Gasteiger partial charge in [0.1, 0.15) is 6.04 Å². The third-order valence-corrected chi connectivity index (χ3v) is 12.6. The third kappa shape index (κ3) is 8.40. The van der Waals surface area contributed by atoms with Gasteiger partial charge < -0.3 is 25.8 Å². The van der Waals surface area contributed by atoms with E-state index in [4.69, 9.17) is 16.3 Å². The lowest BCUT2D eigenvalue weighted by Crippen LogP contribution is -2.57. The van der Waals surface area contributed by atoms with Gasteiger partial charge in [-0.1, -0.05) is 36.6 Å². The maximum absolute atomic E-state index is 14.2. The van der Waals surface area contributed by atoms with Gasteiger partial charge in [0.2, 0.25) is 5.91 Å². The van der Waals surface area contributed by atoms with E-state index in [-0.39, 0.29) is 41.3 Å². The SMILES string of the molecule is CC1(C)C[C@H]([C@H](c2ccc(Cl)cc2)[C@@H](NC(=O)O)C(=O)N[C@@H]2CCCC[C@@H]2CCC2CNC3CCCS(O)(O)N2C3)CCO1. The second-order valence-electron chi connectivity index (χ2n) is 13.9. The summed E-state index contributed by atoms with van der Waals surface area (Å²) in [5.41, 5.74) is 0.501. The minimum Gasteiger partial charge on any atom is -0.465 e. The zero-order valence-corrected chi connectivity index (χ0v) is 27.6. The molecule has 0 spiro atoms. The minimum absolute atomic E-state index is 0.0284. The number of piperazine rings is 1. The zero-order valence-electron chi connectivity index (χ0n) is 26.1. The molecule has 2 amide bonds. The summed E-state index contributed by atoms with van der Waals surface area (Å²) >= 11 is 6.21. The summed E-state index contributed by atoms with van der Waals surface area (Å²) in [5.74, 6) is 0.0164. The van der Waals surface area contributed by atoms with Crippen molar-refractivity contribution in [1.29, 1.82) is 0 Å². The van der Waals surface area contributed by atoms with Crippen LogP contribution in [-0.4, -0.2) is 85.7 Å². The molecule has 0 radical (unpaired) electrons. The molecule has 4 fully saturated rings. The minimum atomic E-state index is -2.76. The van der Waals surface area contributed by atoms with Crippen LogP contribution < -0.4 is 16.0 Å². The Morgan fingerprint density at radius 2 is 1.86 bits per heavy atom. The van der Waals surface area contributed by atoms with Crippen molar-refractivity contribution < 1.29 is 28.5 Å².